The van der Waals surface area contributed by atoms with Crippen LogP contribution in [0.1, 0.15) is 25.8 Å². The number of aromatic hydroxyl groups is 1. The van der Waals surface area contributed by atoms with Gasteiger partial charge in [-0.15, -0.1) is 0 Å². The number of thioether (sulfide) groups is 1. The van der Waals surface area contributed by atoms with E-state index in [0.717, 1.165) is 23.1 Å². The van der Waals surface area contributed by atoms with Crippen LogP contribution in [0.25, 0.3) is 6.08 Å². The fourth-order valence-corrected chi connectivity index (χ4v) is 2.98. The predicted octanol–water partition coefficient (Wildman–Crippen LogP) is 2.35. The number of nitrogens with one attached hydrogen (secondary N) is 1. The Bertz CT molecular complexity index is 717. The summed E-state index contributed by atoms with van der Waals surface area (Å²) < 4.78 is 5.30. The number of imide groups is 1. The maximum atomic E-state index is 12.4. The number of carbonyl (C=O) groups excluding carboxylic acids is 3. The highest BCUT2D eigenvalue weighted by atomic mass is 32.2. The van der Waals surface area contributed by atoms with Gasteiger partial charge in [-0.2, -0.15) is 0 Å². The number of nitrogens with zero attached hydrogens (tertiary/aromatic N) is 1. The van der Waals surface area contributed by atoms with Crippen LogP contribution in [0.4, 0.5) is 4.79 Å². The summed E-state index contributed by atoms with van der Waals surface area (Å²) in [6, 6.07) is 4.65. The van der Waals surface area contributed by atoms with Crippen LogP contribution in [0.5, 0.6) is 11.5 Å². The lowest BCUT2D eigenvalue weighted by Gasteiger charge is -2.11. The van der Waals surface area contributed by atoms with Crippen LogP contribution in [-0.2, 0) is 9.59 Å². The molecule has 134 valence electrons. The topological polar surface area (TPSA) is 95.9 Å². The lowest BCUT2D eigenvalue weighted by atomic mass is 10.2. The Balaban J connectivity index is 2.14. The Morgan fingerprint density at radius 1 is 1.36 bits per heavy atom. The molecule has 3 amide bonds. The minimum atomic E-state index is -0.507. The second kappa shape index (κ2) is 8.57. The van der Waals surface area contributed by atoms with Crippen molar-refractivity contribution in [2.75, 3.05) is 19.7 Å². The fourth-order valence-electron chi connectivity index (χ4n) is 2.14. The van der Waals surface area contributed by atoms with E-state index in [9.17, 15) is 19.5 Å². The first-order valence-corrected chi connectivity index (χ1v) is 8.75. The van der Waals surface area contributed by atoms with E-state index in [1.54, 1.807) is 19.1 Å². The molecule has 2 rings (SSSR count). The van der Waals surface area contributed by atoms with Gasteiger partial charge in [0.15, 0.2) is 11.5 Å². The molecule has 0 spiro atoms. The molecule has 0 aromatic heterocycles. The molecule has 1 aromatic rings. The first-order chi connectivity index (χ1) is 12.0. The molecule has 1 aliphatic heterocycles. The van der Waals surface area contributed by atoms with E-state index in [-0.39, 0.29) is 23.1 Å². The second-order valence-electron chi connectivity index (χ2n) is 5.28. The van der Waals surface area contributed by atoms with Gasteiger partial charge in [-0.25, -0.2) is 0 Å². The average Bonchev–Trinajstić information content (AvgIpc) is 2.83. The Labute approximate surface area is 150 Å². The molecule has 1 aromatic carbocycles. The summed E-state index contributed by atoms with van der Waals surface area (Å²) in [5.74, 6) is -0.574. The SMILES string of the molecule is CCCNC(=O)CN1C(=O)S/C(=C\c2ccc(O)c(OCC)c2)C1=O. The van der Waals surface area contributed by atoms with E-state index in [2.05, 4.69) is 5.32 Å². The molecule has 0 saturated carbocycles. The maximum Gasteiger partial charge on any atom is 0.294 e. The van der Waals surface area contributed by atoms with Crippen molar-refractivity contribution in [2.45, 2.75) is 20.3 Å². The molecule has 1 saturated heterocycles. The van der Waals surface area contributed by atoms with Gasteiger partial charge in [0.2, 0.25) is 5.91 Å². The summed E-state index contributed by atoms with van der Waals surface area (Å²) in [5, 5.41) is 11.9. The first-order valence-electron chi connectivity index (χ1n) is 7.94. The smallest absolute Gasteiger partial charge is 0.294 e. The molecule has 0 radical (unpaired) electrons. The molecule has 0 atom stereocenters. The van der Waals surface area contributed by atoms with Gasteiger partial charge in [0, 0.05) is 6.54 Å². The van der Waals surface area contributed by atoms with Crippen LogP contribution in [0.15, 0.2) is 23.1 Å². The van der Waals surface area contributed by atoms with Crippen LogP contribution in [0.2, 0.25) is 0 Å². The van der Waals surface area contributed by atoms with Crippen molar-refractivity contribution in [1.29, 1.82) is 0 Å². The van der Waals surface area contributed by atoms with Gasteiger partial charge < -0.3 is 15.2 Å². The zero-order chi connectivity index (χ0) is 18.4. The van der Waals surface area contributed by atoms with Crippen molar-refractivity contribution in [3.05, 3.63) is 28.7 Å². The van der Waals surface area contributed by atoms with Gasteiger partial charge in [0.25, 0.3) is 11.1 Å². The van der Waals surface area contributed by atoms with Gasteiger partial charge in [0.05, 0.1) is 11.5 Å². The number of ether oxygens (including phenoxy) is 1. The second-order valence-corrected chi connectivity index (χ2v) is 6.27. The van der Waals surface area contributed by atoms with Gasteiger partial charge >= 0.3 is 0 Å². The fraction of sp³-hybridized carbons (Fsp3) is 0.353. The predicted molar refractivity (Wildman–Crippen MR) is 95.3 cm³/mol. The van der Waals surface area contributed by atoms with Crippen molar-refractivity contribution in [3.8, 4) is 11.5 Å². The third-order valence-corrected chi connectivity index (χ3v) is 4.24. The van der Waals surface area contributed by atoms with Crippen molar-refractivity contribution >= 4 is 34.9 Å². The summed E-state index contributed by atoms with van der Waals surface area (Å²) in [6.45, 7) is 4.30. The maximum absolute atomic E-state index is 12.4. The van der Waals surface area contributed by atoms with E-state index >= 15 is 0 Å². The third kappa shape index (κ3) is 4.76. The summed E-state index contributed by atoms with van der Waals surface area (Å²) in [5.41, 5.74) is 0.613. The quantitative estimate of drug-likeness (QED) is 0.721. The largest absolute Gasteiger partial charge is 0.504 e. The van der Waals surface area contributed by atoms with Crippen LogP contribution in [0, 0.1) is 0 Å². The monoisotopic (exact) mass is 364 g/mol. The highest BCUT2D eigenvalue weighted by Gasteiger charge is 2.36. The van der Waals surface area contributed by atoms with Crippen molar-refractivity contribution in [1.82, 2.24) is 10.2 Å². The van der Waals surface area contributed by atoms with Crippen LogP contribution < -0.4 is 10.1 Å². The summed E-state index contributed by atoms with van der Waals surface area (Å²) in [7, 11) is 0. The van der Waals surface area contributed by atoms with E-state index in [1.807, 2.05) is 6.92 Å². The Kier molecular flexibility index (Phi) is 6.46. The Morgan fingerprint density at radius 2 is 2.12 bits per heavy atom. The molecule has 7 nitrogen and oxygen atoms in total. The number of benzene rings is 1. The number of hydrogen-bond acceptors (Lipinski definition) is 6. The van der Waals surface area contributed by atoms with Gasteiger partial charge in [0.1, 0.15) is 6.54 Å². The van der Waals surface area contributed by atoms with Gasteiger partial charge in [-0.1, -0.05) is 13.0 Å². The van der Waals surface area contributed by atoms with Crippen LogP contribution in [0.3, 0.4) is 0 Å². The standard InChI is InChI=1S/C17H20N2O5S/c1-3-7-18-15(21)10-19-16(22)14(25-17(19)23)9-11-5-6-12(20)13(8-11)24-4-2/h5-6,8-9,20H,3-4,7,10H2,1-2H3,(H,18,21)/b14-9-. The summed E-state index contributed by atoms with van der Waals surface area (Å²) >= 11 is 0.781. The van der Waals surface area contributed by atoms with Crippen molar-refractivity contribution < 1.29 is 24.2 Å². The highest BCUT2D eigenvalue weighted by molar-refractivity contribution is 8.18. The zero-order valence-corrected chi connectivity index (χ0v) is 14.9. The Hall–Kier alpha value is -2.48. The molecular formula is C17H20N2O5S. The van der Waals surface area contributed by atoms with E-state index in [1.165, 1.54) is 12.1 Å². The molecule has 0 bridgehead atoms. The van der Waals surface area contributed by atoms with Gasteiger partial charge in [-0.3, -0.25) is 19.3 Å². The zero-order valence-electron chi connectivity index (χ0n) is 14.1. The lowest BCUT2D eigenvalue weighted by Crippen LogP contribution is -2.39. The average molecular weight is 364 g/mol. The molecule has 8 heteroatoms. The van der Waals surface area contributed by atoms with Crippen LogP contribution in [-0.4, -0.2) is 46.8 Å². The lowest BCUT2D eigenvalue weighted by molar-refractivity contribution is -0.129. The molecule has 1 fully saturated rings. The minimum absolute atomic E-state index is 0.000278. The third-order valence-electron chi connectivity index (χ3n) is 3.33. The van der Waals surface area contributed by atoms with Crippen molar-refractivity contribution in [2.24, 2.45) is 0 Å². The number of amides is 3. The normalized spacial score (nSPS) is 15.8. The number of phenols is 1. The molecule has 2 N–H and O–H groups in total. The number of rotatable bonds is 7. The molecule has 25 heavy (non-hydrogen) atoms. The van der Waals surface area contributed by atoms with Crippen LogP contribution >= 0.6 is 11.8 Å². The summed E-state index contributed by atoms with van der Waals surface area (Å²) in [6.07, 6.45) is 2.31. The molecule has 1 aliphatic rings. The van der Waals surface area contributed by atoms with E-state index < -0.39 is 11.1 Å². The summed E-state index contributed by atoms with van der Waals surface area (Å²) in [4.78, 5) is 37.2. The number of carbonyl (C=O) groups is 3. The van der Waals surface area contributed by atoms with E-state index in [0.29, 0.717) is 24.5 Å². The molecule has 0 unspecified atom stereocenters. The van der Waals surface area contributed by atoms with E-state index in [4.69, 9.17) is 4.74 Å². The number of phenolic OH excluding ortho intramolecular Hbond substituents is 1. The first kappa shape index (κ1) is 18.9. The molecule has 1 heterocycles. The van der Waals surface area contributed by atoms with Crippen molar-refractivity contribution in [3.63, 3.8) is 0 Å². The molecular weight excluding hydrogens is 344 g/mol. The highest BCUT2D eigenvalue weighted by Crippen LogP contribution is 2.34. The molecule has 0 aliphatic carbocycles. The minimum Gasteiger partial charge on any atom is -0.504 e. The van der Waals surface area contributed by atoms with Gasteiger partial charge in [-0.05, 0) is 48.9 Å². The number of hydrogen-bond donors (Lipinski definition) is 2. The Morgan fingerprint density at radius 3 is 2.80 bits per heavy atom.